The van der Waals surface area contributed by atoms with Crippen molar-refractivity contribution >= 4 is 23.5 Å². The molecule has 0 aromatic heterocycles. The van der Waals surface area contributed by atoms with E-state index in [1.54, 1.807) is 26.0 Å². The van der Waals surface area contributed by atoms with Crippen LogP contribution in [-0.2, 0) is 20.4 Å². The van der Waals surface area contributed by atoms with Crippen LogP contribution in [0.3, 0.4) is 0 Å². The fourth-order valence-corrected chi connectivity index (χ4v) is 1.98. The summed E-state index contributed by atoms with van der Waals surface area (Å²) in [7, 11) is 0. The van der Waals surface area contributed by atoms with E-state index in [1.165, 1.54) is 19.9 Å². The van der Waals surface area contributed by atoms with Gasteiger partial charge in [0.15, 0.2) is 0 Å². The van der Waals surface area contributed by atoms with Crippen LogP contribution in [0.15, 0.2) is 18.2 Å². The lowest BCUT2D eigenvalue weighted by Gasteiger charge is -2.29. The van der Waals surface area contributed by atoms with Gasteiger partial charge in [-0.1, -0.05) is 17.7 Å². The highest BCUT2D eigenvalue weighted by atomic mass is 35.5. The summed E-state index contributed by atoms with van der Waals surface area (Å²) in [4.78, 5) is 22.8. The van der Waals surface area contributed by atoms with Gasteiger partial charge in [0.05, 0.1) is 10.8 Å². The van der Waals surface area contributed by atoms with Crippen molar-refractivity contribution in [2.75, 3.05) is 0 Å². The van der Waals surface area contributed by atoms with E-state index in [4.69, 9.17) is 11.6 Å². The van der Waals surface area contributed by atoms with E-state index in [0.717, 1.165) is 0 Å². The Balaban J connectivity index is 3.60. The molecule has 19 heavy (non-hydrogen) atoms. The van der Waals surface area contributed by atoms with Crippen molar-refractivity contribution < 1.29 is 19.8 Å². The van der Waals surface area contributed by atoms with Crippen LogP contribution in [0.4, 0.5) is 0 Å². The van der Waals surface area contributed by atoms with Crippen molar-refractivity contribution in [3.63, 3.8) is 0 Å². The van der Waals surface area contributed by atoms with Gasteiger partial charge < -0.3 is 10.2 Å². The second-order valence-corrected chi connectivity index (χ2v) is 5.99. The maximum absolute atomic E-state index is 11.4. The summed E-state index contributed by atoms with van der Waals surface area (Å²) < 4.78 is 0. The molecule has 0 aliphatic carbocycles. The number of rotatable bonds is 4. The summed E-state index contributed by atoms with van der Waals surface area (Å²) in [6.45, 7) is 6.14. The van der Waals surface area contributed by atoms with Crippen LogP contribution < -0.4 is 0 Å². The molecule has 0 fully saturated rings. The topological polar surface area (TPSA) is 74.6 Å². The zero-order chi connectivity index (χ0) is 15.0. The molecule has 104 valence electrons. The van der Waals surface area contributed by atoms with Crippen LogP contribution in [0.5, 0.6) is 0 Å². The first-order chi connectivity index (χ1) is 8.51. The second-order valence-electron chi connectivity index (χ2n) is 5.55. The number of carboxylic acids is 2. The second kappa shape index (κ2) is 4.85. The average Bonchev–Trinajstić information content (AvgIpc) is 2.27. The minimum atomic E-state index is -1.22. The average molecular weight is 285 g/mol. The van der Waals surface area contributed by atoms with Gasteiger partial charge in [-0.3, -0.25) is 9.59 Å². The molecular formula is C14H17ClO4. The molecule has 0 spiro atoms. The summed E-state index contributed by atoms with van der Waals surface area (Å²) in [5.41, 5.74) is -1.53. The van der Waals surface area contributed by atoms with Crippen molar-refractivity contribution in [1.29, 1.82) is 0 Å². The summed E-state index contributed by atoms with van der Waals surface area (Å²) in [6.07, 6.45) is 0. The molecule has 0 saturated heterocycles. The van der Waals surface area contributed by atoms with E-state index < -0.39 is 22.8 Å². The summed E-state index contributed by atoms with van der Waals surface area (Å²) in [5, 5.41) is 19.0. The quantitative estimate of drug-likeness (QED) is 0.891. The lowest BCUT2D eigenvalue weighted by molar-refractivity contribution is -0.144. The Morgan fingerprint density at radius 3 is 1.79 bits per heavy atom. The molecule has 0 saturated carbocycles. The van der Waals surface area contributed by atoms with E-state index in [0.29, 0.717) is 16.1 Å². The van der Waals surface area contributed by atoms with Gasteiger partial charge in [-0.15, -0.1) is 0 Å². The predicted molar refractivity (Wildman–Crippen MR) is 72.8 cm³/mol. The molecule has 0 atom stereocenters. The number of hydrogen-bond donors (Lipinski definition) is 2. The van der Waals surface area contributed by atoms with Crippen molar-refractivity contribution in [3.8, 4) is 0 Å². The van der Waals surface area contributed by atoms with Crippen LogP contribution in [0, 0.1) is 0 Å². The highest BCUT2D eigenvalue weighted by Crippen LogP contribution is 2.36. The first-order valence-corrected chi connectivity index (χ1v) is 6.16. The predicted octanol–water partition coefficient (Wildman–Crippen LogP) is 3.06. The Hall–Kier alpha value is -1.55. The summed E-state index contributed by atoms with van der Waals surface area (Å²) in [5.74, 6) is -2.05. The zero-order valence-corrected chi connectivity index (χ0v) is 12.1. The maximum atomic E-state index is 11.4. The maximum Gasteiger partial charge on any atom is 0.313 e. The SMILES string of the molecule is CC(C)(C(=O)O)c1ccc(Cl)cc1C(C)(C)C(=O)O. The van der Waals surface area contributed by atoms with Crippen molar-refractivity contribution in [2.45, 2.75) is 38.5 Å². The van der Waals surface area contributed by atoms with Crippen LogP contribution >= 0.6 is 11.6 Å². The number of carbonyl (C=O) groups is 2. The van der Waals surface area contributed by atoms with E-state index in [9.17, 15) is 19.8 Å². The van der Waals surface area contributed by atoms with Crippen molar-refractivity contribution in [2.24, 2.45) is 0 Å². The molecule has 5 heteroatoms. The van der Waals surface area contributed by atoms with Crippen molar-refractivity contribution in [3.05, 3.63) is 34.3 Å². The van der Waals surface area contributed by atoms with Gasteiger partial charge in [-0.25, -0.2) is 0 Å². The molecule has 0 radical (unpaired) electrons. The van der Waals surface area contributed by atoms with Gasteiger partial charge in [0.25, 0.3) is 0 Å². The lowest BCUT2D eigenvalue weighted by atomic mass is 9.73. The molecule has 0 bridgehead atoms. The summed E-state index contributed by atoms with van der Waals surface area (Å²) >= 11 is 5.92. The number of halogens is 1. The van der Waals surface area contributed by atoms with E-state index in [-0.39, 0.29) is 0 Å². The Morgan fingerprint density at radius 2 is 1.37 bits per heavy atom. The fraction of sp³-hybridized carbons (Fsp3) is 0.429. The Kier molecular flexibility index (Phi) is 3.96. The molecule has 0 amide bonds. The van der Waals surface area contributed by atoms with Gasteiger partial charge in [0.1, 0.15) is 0 Å². The minimum Gasteiger partial charge on any atom is -0.481 e. The van der Waals surface area contributed by atoms with Gasteiger partial charge in [-0.2, -0.15) is 0 Å². The van der Waals surface area contributed by atoms with Gasteiger partial charge in [0.2, 0.25) is 0 Å². The molecule has 4 nitrogen and oxygen atoms in total. The molecule has 0 unspecified atom stereocenters. The Bertz CT molecular complexity index is 532. The summed E-state index contributed by atoms with van der Waals surface area (Å²) in [6, 6.07) is 4.68. The molecule has 0 heterocycles. The highest BCUT2D eigenvalue weighted by molar-refractivity contribution is 6.30. The van der Waals surface area contributed by atoms with Crippen LogP contribution in [0.25, 0.3) is 0 Å². The van der Waals surface area contributed by atoms with E-state index in [1.807, 2.05) is 0 Å². The fourth-order valence-electron chi connectivity index (χ4n) is 1.81. The van der Waals surface area contributed by atoms with E-state index >= 15 is 0 Å². The molecular weight excluding hydrogens is 268 g/mol. The highest BCUT2D eigenvalue weighted by Gasteiger charge is 2.39. The largest absolute Gasteiger partial charge is 0.481 e. The molecule has 1 rings (SSSR count). The number of hydrogen-bond acceptors (Lipinski definition) is 2. The molecule has 2 N–H and O–H groups in total. The van der Waals surface area contributed by atoms with Crippen molar-refractivity contribution in [1.82, 2.24) is 0 Å². The Morgan fingerprint density at radius 1 is 0.947 bits per heavy atom. The van der Waals surface area contributed by atoms with Crippen LogP contribution in [0.2, 0.25) is 5.02 Å². The van der Waals surface area contributed by atoms with E-state index in [2.05, 4.69) is 0 Å². The van der Waals surface area contributed by atoms with Gasteiger partial charge in [-0.05, 0) is 51.0 Å². The third-order valence-corrected chi connectivity index (χ3v) is 3.63. The smallest absolute Gasteiger partial charge is 0.313 e. The molecule has 0 aliphatic heterocycles. The first kappa shape index (κ1) is 15.5. The lowest BCUT2D eigenvalue weighted by Crippen LogP contribution is -2.36. The number of carboxylic acid groups (broad SMARTS) is 2. The minimum absolute atomic E-state index is 0.384. The third kappa shape index (κ3) is 2.73. The normalized spacial score (nSPS) is 12.3. The molecule has 1 aromatic rings. The van der Waals surface area contributed by atoms with Crippen LogP contribution in [-0.4, -0.2) is 22.2 Å². The number of benzene rings is 1. The Labute approximate surface area is 117 Å². The van der Waals surface area contributed by atoms with Gasteiger partial charge >= 0.3 is 11.9 Å². The molecule has 1 aromatic carbocycles. The standard InChI is InChI=1S/C14H17ClO4/c1-13(2,11(16)17)9-6-5-8(15)7-10(9)14(3,4)12(18)19/h5-7H,1-4H3,(H,16,17)(H,18,19). The third-order valence-electron chi connectivity index (χ3n) is 3.40. The first-order valence-electron chi connectivity index (χ1n) is 5.78. The monoisotopic (exact) mass is 284 g/mol. The van der Waals surface area contributed by atoms with Crippen LogP contribution in [0.1, 0.15) is 38.8 Å². The zero-order valence-electron chi connectivity index (χ0n) is 11.3. The number of aliphatic carboxylic acids is 2. The van der Waals surface area contributed by atoms with Gasteiger partial charge in [0, 0.05) is 5.02 Å². The molecule has 0 aliphatic rings.